The smallest absolute Gasteiger partial charge is 0.113 e. The minimum Gasteiger partial charge on any atom is -0.327 e. The lowest BCUT2D eigenvalue weighted by atomic mass is 10.0. The Morgan fingerprint density at radius 1 is 1.24 bits per heavy atom. The van der Waals surface area contributed by atoms with Crippen molar-refractivity contribution < 1.29 is 0 Å². The Labute approximate surface area is 126 Å². The molecule has 3 nitrogen and oxygen atoms in total. The lowest BCUT2D eigenvalue weighted by Crippen LogP contribution is -2.12. The number of benzene rings is 1. The van der Waals surface area contributed by atoms with E-state index in [0.29, 0.717) is 18.4 Å². The summed E-state index contributed by atoms with van der Waals surface area (Å²) >= 11 is 0. The molecule has 1 aromatic carbocycles. The Kier molecular flexibility index (Phi) is 3.07. The van der Waals surface area contributed by atoms with E-state index < -0.39 is 0 Å². The van der Waals surface area contributed by atoms with Gasteiger partial charge in [-0.25, -0.2) is 4.98 Å². The van der Waals surface area contributed by atoms with E-state index in [1.165, 1.54) is 36.2 Å². The number of hydrogen-bond acceptors (Lipinski definition) is 2. The predicted molar refractivity (Wildman–Crippen MR) is 86.0 cm³/mol. The molecule has 4 rings (SSSR count). The van der Waals surface area contributed by atoms with Gasteiger partial charge in [-0.1, -0.05) is 19.9 Å². The molecule has 0 aliphatic heterocycles. The van der Waals surface area contributed by atoms with Crippen LogP contribution in [0.3, 0.4) is 0 Å². The maximum absolute atomic E-state index is 5.78. The van der Waals surface area contributed by atoms with Crippen LogP contribution in [0.2, 0.25) is 0 Å². The van der Waals surface area contributed by atoms with E-state index in [0.717, 1.165) is 23.9 Å². The summed E-state index contributed by atoms with van der Waals surface area (Å²) in [6.07, 6.45) is 4.18. The zero-order chi connectivity index (χ0) is 14.6. The van der Waals surface area contributed by atoms with Crippen LogP contribution >= 0.6 is 0 Å². The Morgan fingerprint density at radius 3 is 2.67 bits per heavy atom. The standard InChI is InChI=1S/C18H25N3/c1-11(2)10-21-17-4-3-12(9-19)5-16(17)20-18(21)15-7-13-6-14(13)8-15/h3-5,11,13-15H,6-10,19H2,1-2H3. The second-order valence-electron chi connectivity index (χ2n) is 7.43. The zero-order valence-electron chi connectivity index (χ0n) is 13.0. The Morgan fingerprint density at radius 2 is 2.00 bits per heavy atom. The van der Waals surface area contributed by atoms with Crippen LogP contribution in [0, 0.1) is 17.8 Å². The molecule has 2 fully saturated rings. The highest BCUT2D eigenvalue weighted by atomic mass is 15.1. The van der Waals surface area contributed by atoms with Gasteiger partial charge in [-0.05, 0) is 54.7 Å². The van der Waals surface area contributed by atoms with Gasteiger partial charge in [0.05, 0.1) is 11.0 Å². The average molecular weight is 283 g/mol. The van der Waals surface area contributed by atoms with Gasteiger partial charge in [0.25, 0.3) is 0 Å². The highest BCUT2D eigenvalue weighted by Crippen LogP contribution is 2.57. The van der Waals surface area contributed by atoms with Crippen LogP contribution in [-0.4, -0.2) is 9.55 Å². The van der Waals surface area contributed by atoms with Gasteiger partial charge in [-0.15, -0.1) is 0 Å². The summed E-state index contributed by atoms with van der Waals surface area (Å²) in [5.41, 5.74) is 9.38. The minimum atomic E-state index is 0.593. The number of nitrogens with two attached hydrogens (primary N) is 1. The van der Waals surface area contributed by atoms with Gasteiger partial charge < -0.3 is 10.3 Å². The number of aromatic nitrogens is 2. The molecule has 1 aromatic heterocycles. The first-order valence-electron chi connectivity index (χ1n) is 8.34. The maximum atomic E-state index is 5.78. The van der Waals surface area contributed by atoms with E-state index in [4.69, 9.17) is 10.7 Å². The highest BCUT2D eigenvalue weighted by Gasteiger charge is 2.47. The van der Waals surface area contributed by atoms with E-state index >= 15 is 0 Å². The first-order valence-corrected chi connectivity index (χ1v) is 8.34. The Hall–Kier alpha value is -1.35. The summed E-state index contributed by atoms with van der Waals surface area (Å²) in [6, 6.07) is 6.54. The predicted octanol–water partition coefficient (Wildman–Crippen LogP) is 3.66. The number of fused-ring (bicyclic) bond motifs is 2. The van der Waals surface area contributed by atoms with E-state index in [-0.39, 0.29) is 0 Å². The van der Waals surface area contributed by atoms with Crippen LogP contribution < -0.4 is 5.73 Å². The van der Waals surface area contributed by atoms with Crippen molar-refractivity contribution in [3.05, 3.63) is 29.6 Å². The Balaban J connectivity index is 1.79. The van der Waals surface area contributed by atoms with Gasteiger partial charge in [-0.3, -0.25) is 0 Å². The molecule has 2 unspecified atom stereocenters. The Bertz CT molecular complexity index is 660. The van der Waals surface area contributed by atoms with Crippen LogP contribution in [0.4, 0.5) is 0 Å². The molecule has 2 aromatic rings. The van der Waals surface area contributed by atoms with Gasteiger partial charge >= 0.3 is 0 Å². The average Bonchev–Trinajstić information content (AvgIpc) is 2.93. The molecule has 0 radical (unpaired) electrons. The van der Waals surface area contributed by atoms with Crippen molar-refractivity contribution in [2.75, 3.05) is 0 Å². The van der Waals surface area contributed by atoms with E-state index in [2.05, 4.69) is 36.6 Å². The summed E-state index contributed by atoms with van der Waals surface area (Å²) in [6.45, 7) is 6.24. The SMILES string of the molecule is CC(C)Cn1c(C2CC3CC3C2)nc2cc(CN)ccc21. The molecule has 112 valence electrons. The molecule has 2 saturated carbocycles. The molecule has 0 spiro atoms. The number of rotatable bonds is 4. The summed E-state index contributed by atoms with van der Waals surface area (Å²) < 4.78 is 2.48. The van der Waals surface area contributed by atoms with Crippen LogP contribution in [0.15, 0.2) is 18.2 Å². The quantitative estimate of drug-likeness (QED) is 0.930. The molecule has 2 aliphatic carbocycles. The fraction of sp³-hybridized carbons (Fsp3) is 0.611. The summed E-state index contributed by atoms with van der Waals surface area (Å²) in [5, 5.41) is 0. The first-order chi connectivity index (χ1) is 10.2. The van der Waals surface area contributed by atoms with Crippen LogP contribution in [0.25, 0.3) is 11.0 Å². The third-order valence-corrected chi connectivity index (χ3v) is 5.23. The molecule has 1 heterocycles. The molecule has 0 amide bonds. The molecule has 2 atom stereocenters. The molecule has 3 heteroatoms. The number of nitrogens with zero attached hydrogens (tertiary/aromatic N) is 2. The van der Waals surface area contributed by atoms with Crippen LogP contribution in [0.1, 0.15) is 50.4 Å². The summed E-state index contributed by atoms with van der Waals surface area (Å²) in [7, 11) is 0. The minimum absolute atomic E-state index is 0.593. The normalized spacial score (nSPS) is 27.5. The molecular formula is C18H25N3. The van der Waals surface area contributed by atoms with E-state index in [9.17, 15) is 0 Å². The largest absolute Gasteiger partial charge is 0.327 e. The summed E-state index contributed by atoms with van der Waals surface area (Å²) in [5.74, 6) is 4.66. The molecule has 0 saturated heterocycles. The van der Waals surface area contributed by atoms with Crippen LogP contribution in [-0.2, 0) is 13.1 Å². The molecule has 2 aliphatic rings. The third-order valence-electron chi connectivity index (χ3n) is 5.23. The van der Waals surface area contributed by atoms with Gasteiger partial charge in [0.15, 0.2) is 0 Å². The fourth-order valence-electron chi connectivity index (χ4n) is 4.12. The lowest BCUT2D eigenvalue weighted by Gasteiger charge is -2.16. The monoisotopic (exact) mass is 283 g/mol. The molecule has 0 bridgehead atoms. The molecule has 21 heavy (non-hydrogen) atoms. The van der Waals surface area contributed by atoms with Gasteiger partial charge in [0.1, 0.15) is 5.82 Å². The second-order valence-corrected chi connectivity index (χ2v) is 7.43. The zero-order valence-corrected chi connectivity index (χ0v) is 13.0. The fourth-order valence-corrected chi connectivity index (χ4v) is 4.12. The molecular weight excluding hydrogens is 258 g/mol. The van der Waals surface area contributed by atoms with Crippen LogP contribution in [0.5, 0.6) is 0 Å². The van der Waals surface area contributed by atoms with Crippen molar-refractivity contribution in [1.82, 2.24) is 9.55 Å². The van der Waals surface area contributed by atoms with Gasteiger partial charge in [0.2, 0.25) is 0 Å². The second kappa shape index (κ2) is 4.84. The summed E-state index contributed by atoms with van der Waals surface area (Å²) in [4.78, 5) is 5.02. The van der Waals surface area contributed by atoms with E-state index in [1.807, 2.05) is 0 Å². The lowest BCUT2D eigenvalue weighted by molar-refractivity contribution is 0.484. The number of imidazole rings is 1. The maximum Gasteiger partial charge on any atom is 0.113 e. The third kappa shape index (κ3) is 2.28. The molecule has 2 N–H and O–H groups in total. The number of hydrogen-bond donors (Lipinski definition) is 1. The van der Waals surface area contributed by atoms with Crippen molar-refractivity contribution in [1.29, 1.82) is 0 Å². The highest BCUT2D eigenvalue weighted by molar-refractivity contribution is 5.77. The van der Waals surface area contributed by atoms with E-state index in [1.54, 1.807) is 0 Å². The van der Waals surface area contributed by atoms with Gasteiger partial charge in [0, 0.05) is 19.0 Å². The van der Waals surface area contributed by atoms with Crippen molar-refractivity contribution in [2.24, 2.45) is 23.5 Å². The van der Waals surface area contributed by atoms with Crippen molar-refractivity contribution >= 4 is 11.0 Å². The van der Waals surface area contributed by atoms with Crippen molar-refractivity contribution in [3.8, 4) is 0 Å². The van der Waals surface area contributed by atoms with Crippen molar-refractivity contribution in [2.45, 2.75) is 52.1 Å². The van der Waals surface area contributed by atoms with Crippen molar-refractivity contribution in [3.63, 3.8) is 0 Å². The first kappa shape index (κ1) is 13.3. The van der Waals surface area contributed by atoms with Gasteiger partial charge in [-0.2, -0.15) is 0 Å². The topological polar surface area (TPSA) is 43.8 Å².